The molecule has 0 aliphatic carbocycles. The summed E-state index contributed by atoms with van der Waals surface area (Å²) < 4.78 is 10.5. The highest BCUT2D eigenvalue weighted by molar-refractivity contribution is 9.13. The summed E-state index contributed by atoms with van der Waals surface area (Å²) in [5.41, 5.74) is 0. The normalized spacial score (nSPS) is 10.5. The Balaban J connectivity index is 2.37. The van der Waals surface area contributed by atoms with E-state index in [-0.39, 0.29) is 0 Å². The highest BCUT2D eigenvalue weighted by atomic mass is 79.9. The van der Waals surface area contributed by atoms with Crippen LogP contribution in [0.25, 0.3) is 0 Å². The van der Waals surface area contributed by atoms with E-state index in [4.69, 9.17) is 4.74 Å². The molecule has 0 unspecified atom stereocenters. The van der Waals surface area contributed by atoms with Gasteiger partial charge in [0.2, 0.25) is 0 Å². The first kappa shape index (κ1) is 15.0. The smallest absolute Gasteiger partial charge is 0.142 e. The van der Waals surface area contributed by atoms with Crippen molar-refractivity contribution in [3.63, 3.8) is 0 Å². The Labute approximate surface area is 147 Å². The van der Waals surface area contributed by atoms with Crippen LogP contribution in [0.4, 0.5) is 0 Å². The summed E-state index contributed by atoms with van der Waals surface area (Å²) in [6.07, 6.45) is 0. The van der Waals surface area contributed by atoms with E-state index in [0.29, 0.717) is 0 Å². The summed E-state index contributed by atoms with van der Waals surface area (Å²) in [5.74, 6) is 1.50. The Bertz CT molecular complexity index is 597. The van der Waals surface area contributed by atoms with Crippen LogP contribution in [0.5, 0.6) is 11.5 Å². The fraction of sp³-hybridized carbons (Fsp3) is 0. The van der Waals surface area contributed by atoms with E-state index in [2.05, 4.69) is 79.6 Å². The Kier molecular flexibility index (Phi) is 5.34. The minimum absolute atomic E-state index is 0.744. The summed E-state index contributed by atoms with van der Waals surface area (Å²) in [5, 5.41) is 0. The van der Waals surface area contributed by atoms with Gasteiger partial charge < -0.3 is 4.74 Å². The molecule has 0 spiro atoms. The van der Waals surface area contributed by atoms with E-state index >= 15 is 0 Å². The number of hydrogen-bond donors (Lipinski definition) is 0. The number of ether oxygens (including phenoxy) is 1. The van der Waals surface area contributed by atoms with Crippen LogP contribution in [-0.2, 0) is 0 Å². The third-order valence-electron chi connectivity index (χ3n) is 2.09. The Morgan fingerprint density at radius 2 is 1.22 bits per heavy atom. The summed E-state index contributed by atoms with van der Waals surface area (Å²) >= 11 is 17.3. The molecule has 0 N–H and O–H groups in total. The molecule has 0 aliphatic heterocycles. The average Bonchev–Trinajstić information content (AvgIpc) is 2.29. The van der Waals surface area contributed by atoms with Gasteiger partial charge >= 0.3 is 0 Å². The van der Waals surface area contributed by atoms with Crippen LogP contribution in [-0.4, -0.2) is 0 Å². The van der Waals surface area contributed by atoms with Gasteiger partial charge in [-0.25, -0.2) is 0 Å². The van der Waals surface area contributed by atoms with E-state index in [1.165, 1.54) is 0 Å². The molecule has 1 nitrogen and oxygen atoms in total. The number of hydrogen-bond acceptors (Lipinski definition) is 1. The molecule has 0 saturated heterocycles. The molecular formula is C12H5Br5O. The van der Waals surface area contributed by atoms with Crippen molar-refractivity contribution in [3.05, 3.63) is 52.7 Å². The van der Waals surface area contributed by atoms with Gasteiger partial charge in [-0.05, 0) is 94.1 Å². The predicted octanol–water partition coefficient (Wildman–Crippen LogP) is 7.29. The van der Waals surface area contributed by atoms with Crippen molar-refractivity contribution >= 4 is 79.6 Å². The highest BCUT2D eigenvalue weighted by Crippen LogP contribution is 2.39. The molecule has 0 bridgehead atoms. The zero-order valence-electron chi connectivity index (χ0n) is 8.68. The lowest BCUT2D eigenvalue weighted by Gasteiger charge is -2.11. The van der Waals surface area contributed by atoms with Crippen molar-refractivity contribution in [2.75, 3.05) is 0 Å². The van der Waals surface area contributed by atoms with Crippen LogP contribution in [0, 0.1) is 0 Å². The molecular weight excluding hydrogens is 560 g/mol. The molecule has 0 atom stereocenters. The summed E-state index contributed by atoms with van der Waals surface area (Å²) in [7, 11) is 0. The van der Waals surface area contributed by atoms with Crippen molar-refractivity contribution in [2.45, 2.75) is 0 Å². The first-order valence-corrected chi connectivity index (χ1v) is 8.71. The van der Waals surface area contributed by atoms with Crippen molar-refractivity contribution in [3.8, 4) is 11.5 Å². The summed E-state index contributed by atoms with van der Waals surface area (Å²) in [6, 6.07) is 9.62. The largest absolute Gasteiger partial charge is 0.455 e. The molecule has 2 aromatic carbocycles. The van der Waals surface area contributed by atoms with E-state index in [1.54, 1.807) is 0 Å². The molecule has 94 valence electrons. The molecule has 18 heavy (non-hydrogen) atoms. The SMILES string of the molecule is Brc1ccc(Oc2cc(Br)c(Br)cc2Br)c(Br)c1. The number of halogens is 5. The van der Waals surface area contributed by atoms with Crippen LogP contribution in [0.15, 0.2) is 52.7 Å². The molecule has 0 aliphatic rings. The molecule has 0 amide bonds. The van der Waals surface area contributed by atoms with Gasteiger partial charge in [0.15, 0.2) is 0 Å². The number of benzene rings is 2. The van der Waals surface area contributed by atoms with Crippen molar-refractivity contribution < 1.29 is 4.74 Å². The van der Waals surface area contributed by atoms with Crippen LogP contribution < -0.4 is 4.74 Å². The van der Waals surface area contributed by atoms with Gasteiger partial charge in [-0.15, -0.1) is 0 Å². The monoisotopic (exact) mass is 560 g/mol. The van der Waals surface area contributed by atoms with Crippen LogP contribution in [0.2, 0.25) is 0 Å². The summed E-state index contributed by atoms with van der Waals surface area (Å²) in [6.45, 7) is 0. The second kappa shape index (κ2) is 6.39. The van der Waals surface area contributed by atoms with E-state index in [0.717, 1.165) is 33.9 Å². The van der Waals surface area contributed by atoms with Gasteiger partial charge in [-0.3, -0.25) is 0 Å². The maximum Gasteiger partial charge on any atom is 0.142 e. The molecule has 2 rings (SSSR count). The van der Waals surface area contributed by atoms with Gasteiger partial charge in [0.1, 0.15) is 11.5 Å². The van der Waals surface area contributed by atoms with Gasteiger partial charge in [0.05, 0.1) is 8.95 Å². The van der Waals surface area contributed by atoms with Gasteiger partial charge in [-0.2, -0.15) is 0 Å². The average molecular weight is 565 g/mol. The maximum absolute atomic E-state index is 5.87. The lowest BCUT2D eigenvalue weighted by Crippen LogP contribution is -1.87. The molecule has 0 aromatic heterocycles. The van der Waals surface area contributed by atoms with Crippen molar-refractivity contribution in [2.24, 2.45) is 0 Å². The minimum Gasteiger partial charge on any atom is -0.455 e. The quantitative estimate of drug-likeness (QED) is 0.348. The van der Waals surface area contributed by atoms with Crippen LogP contribution >= 0.6 is 79.6 Å². The van der Waals surface area contributed by atoms with Crippen LogP contribution in [0.1, 0.15) is 0 Å². The molecule has 0 fully saturated rings. The first-order valence-electron chi connectivity index (χ1n) is 4.75. The van der Waals surface area contributed by atoms with Crippen molar-refractivity contribution in [1.82, 2.24) is 0 Å². The topological polar surface area (TPSA) is 9.23 Å². The van der Waals surface area contributed by atoms with Gasteiger partial charge in [0.25, 0.3) is 0 Å². The number of rotatable bonds is 2. The maximum atomic E-state index is 5.87. The zero-order valence-corrected chi connectivity index (χ0v) is 16.6. The lowest BCUT2D eigenvalue weighted by atomic mass is 10.3. The fourth-order valence-corrected chi connectivity index (χ4v) is 3.78. The lowest BCUT2D eigenvalue weighted by molar-refractivity contribution is 0.476. The highest BCUT2D eigenvalue weighted by Gasteiger charge is 2.09. The molecule has 6 heteroatoms. The van der Waals surface area contributed by atoms with E-state index in [9.17, 15) is 0 Å². The third-order valence-corrected chi connectivity index (χ3v) is 5.67. The second-order valence-corrected chi connectivity index (χ2v) is 7.71. The first-order chi connectivity index (χ1) is 8.47. The second-order valence-electron chi connectivity index (χ2n) is 3.37. The van der Waals surface area contributed by atoms with E-state index in [1.807, 2.05) is 30.3 Å². The molecule has 0 saturated carbocycles. The Morgan fingerprint density at radius 1 is 0.611 bits per heavy atom. The van der Waals surface area contributed by atoms with Crippen molar-refractivity contribution in [1.29, 1.82) is 0 Å². The van der Waals surface area contributed by atoms with Gasteiger partial charge in [0, 0.05) is 13.4 Å². The van der Waals surface area contributed by atoms with Gasteiger partial charge in [-0.1, -0.05) is 15.9 Å². The standard InChI is InChI=1S/C12H5Br5O/c13-6-1-2-11(9(16)3-6)18-12-5-8(15)7(14)4-10(12)17/h1-5H. The Morgan fingerprint density at radius 3 is 1.89 bits per heavy atom. The minimum atomic E-state index is 0.744. The molecule has 0 heterocycles. The third kappa shape index (κ3) is 3.60. The predicted molar refractivity (Wildman–Crippen MR) is 91.5 cm³/mol. The summed E-state index contributed by atoms with van der Waals surface area (Å²) in [4.78, 5) is 0. The fourth-order valence-electron chi connectivity index (χ4n) is 1.26. The van der Waals surface area contributed by atoms with E-state index < -0.39 is 0 Å². The molecule has 0 radical (unpaired) electrons. The van der Waals surface area contributed by atoms with Crippen LogP contribution in [0.3, 0.4) is 0 Å². The Hall–Kier alpha value is 0.640. The molecule has 2 aromatic rings. The zero-order chi connectivity index (χ0) is 13.3.